The minimum absolute atomic E-state index is 0.185. The summed E-state index contributed by atoms with van der Waals surface area (Å²) in [7, 11) is 0. The lowest BCUT2D eigenvalue weighted by molar-refractivity contribution is 0.0588. The third-order valence-electron chi connectivity index (χ3n) is 9.33. The van der Waals surface area contributed by atoms with Crippen molar-refractivity contribution in [3.63, 3.8) is 0 Å². The van der Waals surface area contributed by atoms with Crippen LogP contribution in [0.4, 0.5) is 17.2 Å². The number of nitrogens with zero attached hydrogens (tertiary/aromatic N) is 5. The van der Waals surface area contributed by atoms with E-state index in [1.807, 2.05) is 24.4 Å². The summed E-state index contributed by atoms with van der Waals surface area (Å²) in [4.78, 5) is 9.44. The first-order valence-corrected chi connectivity index (χ1v) is 15.1. The van der Waals surface area contributed by atoms with Crippen LogP contribution in [0.5, 0.6) is 11.6 Å². The van der Waals surface area contributed by atoms with E-state index in [1.54, 1.807) is 12.1 Å². The van der Waals surface area contributed by atoms with Gasteiger partial charge in [0.05, 0.1) is 11.4 Å². The van der Waals surface area contributed by atoms with Gasteiger partial charge < -0.3 is 36.0 Å². The van der Waals surface area contributed by atoms with Crippen molar-refractivity contribution in [2.24, 2.45) is 5.92 Å². The second-order valence-corrected chi connectivity index (χ2v) is 12.1. The van der Waals surface area contributed by atoms with Gasteiger partial charge in [0.2, 0.25) is 5.88 Å². The van der Waals surface area contributed by atoms with Crippen LogP contribution in [0.2, 0.25) is 0 Å². The van der Waals surface area contributed by atoms with Gasteiger partial charge >= 0.3 is 0 Å². The molecule has 2 unspecified atom stereocenters. The molecule has 216 valence electrons. The van der Waals surface area contributed by atoms with Gasteiger partial charge in [0.1, 0.15) is 11.9 Å². The van der Waals surface area contributed by atoms with Crippen LogP contribution in [-0.2, 0) is 0 Å². The first kappa shape index (κ1) is 26.3. The Bertz CT molecular complexity index is 1350. The van der Waals surface area contributed by atoms with Gasteiger partial charge in [0.25, 0.3) is 0 Å². The number of aromatic hydroxyl groups is 1. The Balaban J connectivity index is 0.981. The zero-order valence-electron chi connectivity index (χ0n) is 23.5. The van der Waals surface area contributed by atoms with Crippen molar-refractivity contribution in [1.82, 2.24) is 25.8 Å². The van der Waals surface area contributed by atoms with Crippen LogP contribution >= 0.6 is 0 Å². The first-order chi connectivity index (χ1) is 20.1. The molecule has 3 aromatic rings. The molecule has 3 aliphatic heterocycles. The molecule has 5 N–H and O–H groups in total. The molecule has 1 aliphatic carbocycles. The Kier molecular flexibility index (Phi) is 7.26. The summed E-state index contributed by atoms with van der Waals surface area (Å²) in [6.07, 6.45) is 9.03. The molecule has 4 aliphatic rings. The fourth-order valence-corrected chi connectivity index (χ4v) is 7.08. The monoisotopic (exact) mass is 556 g/mol. The van der Waals surface area contributed by atoms with E-state index in [4.69, 9.17) is 10.5 Å². The number of benzene rings is 1. The molecular weight excluding hydrogens is 516 g/mol. The van der Waals surface area contributed by atoms with Crippen molar-refractivity contribution >= 4 is 17.2 Å². The standard InChI is InChI=1S/C31H40N8O2/c32-31-28(16-27(36-37-31)26-3-1-2-4-29(26)40)38-18-23-5-6-24(19-38)39(23)22-9-12-34-30(15-22)41-25-13-20(14-25)17-35-21-7-10-33-11-8-21/h1-4,9,12,15-16,20-21,23-25,33,35,40H,5-8,10-11,13-14,17-19H2,(H2,32,37). The van der Waals surface area contributed by atoms with Gasteiger partial charge in [-0.3, -0.25) is 0 Å². The van der Waals surface area contributed by atoms with Crippen molar-refractivity contribution in [2.75, 3.05) is 48.3 Å². The largest absolute Gasteiger partial charge is 0.507 e. The predicted octanol–water partition coefficient (Wildman–Crippen LogP) is 3.18. The smallest absolute Gasteiger partial charge is 0.215 e. The highest BCUT2D eigenvalue weighted by atomic mass is 16.5. The quantitative estimate of drug-likeness (QED) is 0.329. The zero-order valence-corrected chi connectivity index (χ0v) is 23.5. The molecule has 2 bridgehead atoms. The SMILES string of the molecule is Nc1nnc(-c2ccccc2O)cc1N1CC2CCC(C1)N2c1ccnc(OC2CC(CNC3CCNCC3)C2)c1. The lowest BCUT2D eigenvalue weighted by atomic mass is 9.82. The van der Waals surface area contributed by atoms with E-state index in [2.05, 4.69) is 47.7 Å². The number of anilines is 3. The maximum absolute atomic E-state index is 10.3. The number of pyridine rings is 1. The number of nitrogens with one attached hydrogen (secondary N) is 2. The summed E-state index contributed by atoms with van der Waals surface area (Å²) in [5, 5.41) is 26.0. The summed E-state index contributed by atoms with van der Waals surface area (Å²) in [6, 6.07) is 14.8. The molecule has 10 heteroatoms. The molecule has 1 aromatic carbocycles. The van der Waals surface area contributed by atoms with Gasteiger partial charge in [0.15, 0.2) is 5.82 Å². The molecule has 2 atom stereocenters. The normalized spacial score (nSPS) is 26.1. The van der Waals surface area contributed by atoms with Crippen LogP contribution < -0.4 is 30.9 Å². The molecule has 0 radical (unpaired) electrons. The van der Waals surface area contributed by atoms with E-state index in [0.717, 1.165) is 70.0 Å². The highest BCUT2D eigenvalue weighted by molar-refractivity contribution is 5.74. The van der Waals surface area contributed by atoms with Gasteiger partial charge in [-0.05, 0) is 88.3 Å². The van der Waals surface area contributed by atoms with Gasteiger partial charge in [0, 0.05) is 54.7 Å². The van der Waals surface area contributed by atoms with Crippen LogP contribution in [0.3, 0.4) is 0 Å². The maximum Gasteiger partial charge on any atom is 0.215 e. The Morgan fingerprint density at radius 2 is 1.78 bits per heavy atom. The Labute approximate surface area is 241 Å². The average Bonchev–Trinajstić information content (AvgIpc) is 3.24. The number of ether oxygens (including phenoxy) is 1. The minimum atomic E-state index is 0.185. The van der Waals surface area contributed by atoms with Crippen molar-refractivity contribution in [1.29, 1.82) is 0 Å². The third-order valence-corrected chi connectivity index (χ3v) is 9.33. The summed E-state index contributed by atoms with van der Waals surface area (Å²) in [6.45, 7) is 5.04. The number of phenols is 1. The lowest BCUT2D eigenvalue weighted by Gasteiger charge is -2.43. The zero-order chi connectivity index (χ0) is 27.8. The average molecular weight is 557 g/mol. The van der Waals surface area contributed by atoms with Crippen LogP contribution in [0, 0.1) is 5.92 Å². The molecule has 0 amide bonds. The maximum atomic E-state index is 10.3. The van der Waals surface area contributed by atoms with Crippen LogP contribution in [0.15, 0.2) is 48.7 Å². The molecule has 10 nitrogen and oxygen atoms in total. The number of aromatic nitrogens is 3. The fourth-order valence-electron chi connectivity index (χ4n) is 7.08. The van der Waals surface area contributed by atoms with E-state index in [9.17, 15) is 5.11 Å². The fraction of sp³-hybridized carbons (Fsp3) is 0.516. The molecule has 41 heavy (non-hydrogen) atoms. The van der Waals surface area contributed by atoms with Crippen LogP contribution in [-0.4, -0.2) is 77.2 Å². The number of nitrogens with two attached hydrogens (primary N) is 1. The molecule has 4 fully saturated rings. The highest BCUT2D eigenvalue weighted by Gasteiger charge is 2.41. The molecule has 1 saturated carbocycles. The molecule has 2 aromatic heterocycles. The van der Waals surface area contributed by atoms with Crippen LogP contribution in [0.25, 0.3) is 11.3 Å². The number of fused-ring (bicyclic) bond motifs is 2. The van der Waals surface area contributed by atoms with Crippen molar-refractivity contribution in [2.45, 2.75) is 62.8 Å². The van der Waals surface area contributed by atoms with E-state index < -0.39 is 0 Å². The van der Waals surface area contributed by atoms with E-state index in [-0.39, 0.29) is 11.9 Å². The van der Waals surface area contributed by atoms with E-state index >= 15 is 0 Å². The second kappa shape index (κ2) is 11.3. The molecular formula is C31H40N8O2. The number of hydrogen-bond donors (Lipinski definition) is 4. The molecule has 5 heterocycles. The number of rotatable bonds is 8. The lowest BCUT2D eigenvalue weighted by Crippen LogP contribution is -2.54. The summed E-state index contributed by atoms with van der Waals surface area (Å²) in [5.74, 6) is 2.03. The number of nitrogen functional groups attached to an aromatic ring is 1. The second-order valence-electron chi connectivity index (χ2n) is 12.1. The number of phenolic OH excluding ortho intramolecular Hbond substituents is 1. The predicted molar refractivity (Wildman–Crippen MR) is 160 cm³/mol. The molecule has 3 saturated heterocycles. The number of piperazine rings is 1. The summed E-state index contributed by atoms with van der Waals surface area (Å²) >= 11 is 0. The molecule has 0 spiro atoms. The Hall–Kier alpha value is -3.63. The van der Waals surface area contributed by atoms with Crippen molar-refractivity contribution in [3.8, 4) is 22.9 Å². The number of hydrogen-bond acceptors (Lipinski definition) is 10. The number of para-hydroxylation sites is 1. The van der Waals surface area contributed by atoms with Gasteiger partial charge in [-0.25, -0.2) is 4.98 Å². The summed E-state index contributed by atoms with van der Waals surface area (Å²) < 4.78 is 6.33. The van der Waals surface area contributed by atoms with Gasteiger partial charge in [-0.1, -0.05) is 12.1 Å². The highest BCUT2D eigenvalue weighted by Crippen LogP contribution is 2.40. The Morgan fingerprint density at radius 1 is 1.00 bits per heavy atom. The van der Waals surface area contributed by atoms with Gasteiger partial charge in [-0.15, -0.1) is 10.2 Å². The van der Waals surface area contributed by atoms with Crippen molar-refractivity contribution in [3.05, 3.63) is 48.7 Å². The van der Waals surface area contributed by atoms with E-state index in [0.29, 0.717) is 41.1 Å². The third kappa shape index (κ3) is 5.50. The summed E-state index contributed by atoms with van der Waals surface area (Å²) in [5.41, 5.74) is 9.66. The minimum Gasteiger partial charge on any atom is -0.507 e. The molecule has 7 rings (SSSR count). The topological polar surface area (TPSA) is 125 Å². The number of piperidine rings is 1. The first-order valence-electron chi connectivity index (χ1n) is 15.1. The van der Waals surface area contributed by atoms with Crippen molar-refractivity contribution < 1.29 is 9.84 Å². The van der Waals surface area contributed by atoms with Crippen LogP contribution in [0.1, 0.15) is 38.5 Å². The van der Waals surface area contributed by atoms with E-state index in [1.165, 1.54) is 18.5 Å². The Morgan fingerprint density at radius 3 is 2.56 bits per heavy atom. The van der Waals surface area contributed by atoms with Gasteiger partial charge in [-0.2, -0.15) is 0 Å².